The molecule has 0 aromatic heterocycles. The van der Waals surface area contributed by atoms with Crippen LogP contribution in [0.25, 0.3) is 0 Å². The number of carbonyl (C=O) groups excluding carboxylic acids is 1. The Balaban J connectivity index is 1.76. The number of methoxy groups -OCH3 is 3. The van der Waals surface area contributed by atoms with Gasteiger partial charge in [0.2, 0.25) is 12.5 Å². The molecule has 9 heteroatoms. The van der Waals surface area contributed by atoms with Crippen molar-refractivity contribution >= 4 is 5.97 Å². The van der Waals surface area contributed by atoms with Gasteiger partial charge in [0, 0.05) is 5.92 Å². The normalized spacial score (nSPS) is 27.9. The Labute approximate surface area is 178 Å². The van der Waals surface area contributed by atoms with Crippen molar-refractivity contribution in [3.8, 4) is 28.7 Å². The molecule has 1 unspecified atom stereocenters. The number of benzene rings is 2. The number of fused-ring (bicyclic) bond motifs is 3. The lowest BCUT2D eigenvalue weighted by molar-refractivity contribution is -0.144. The molecule has 9 nitrogen and oxygen atoms in total. The predicted molar refractivity (Wildman–Crippen MR) is 107 cm³/mol. The van der Waals surface area contributed by atoms with E-state index in [0.717, 1.165) is 11.1 Å². The first kappa shape index (κ1) is 19.8. The zero-order chi connectivity index (χ0) is 21.9. The van der Waals surface area contributed by atoms with Gasteiger partial charge >= 0.3 is 5.97 Å². The van der Waals surface area contributed by atoms with Gasteiger partial charge in [-0.05, 0) is 41.0 Å². The summed E-state index contributed by atoms with van der Waals surface area (Å²) in [5, 5.41) is 11.1. The largest absolute Gasteiger partial charge is 0.493 e. The monoisotopic (exact) mass is 429 g/mol. The van der Waals surface area contributed by atoms with Crippen molar-refractivity contribution in [1.82, 2.24) is 0 Å². The number of rotatable bonds is 4. The van der Waals surface area contributed by atoms with Gasteiger partial charge in [0.25, 0.3) is 0 Å². The van der Waals surface area contributed by atoms with E-state index in [4.69, 9.17) is 34.2 Å². The topological polar surface area (TPSA) is 119 Å². The number of nitrogens with two attached hydrogens (primary N) is 1. The third-order valence-corrected chi connectivity index (χ3v) is 6.32. The van der Waals surface area contributed by atoms with Crippen LogP contribution in [0, 0.1) is 11.8 Å². The van der Waals surface area contributed by atoms with Crippen LogP contribution in [0.1, 0.15) is 28.7 Å². The second kappa shape index (κ2) is 7.21. The predicted octanol–water partition coefficient (Wildman–Crippen LogP) is 1.69. The van der Waals surface area contributed by atoms with Crippen LogP contribution in [0.2, 0.25) is 0 Å². The first-order chi connectivity index (χ1) is 15.0. The van der Waals surface area contributed by atoms with Gasteiger partial charge < -0.3 is 33.5 Å². The van der Waals surface area contributed by atoms with Crippen LogP contribution in [0.3, 0.4) is 0 Å². The van der Waals surface area contributed by atoms with E-state index in [0.29, 0.717) is 34.3 Å². The molecule has 164 valence electrons. The van der Waals surface area contributed by atoms with Crippen molar-refractivity contribution < 1.29 is 38.3 Å². The third kappa shape index (κ3) is 2.80. The lowest BCUT2D eigenvalue weighted by Gasteiger charge is -2.37. The Morgan fingerprint density at radius 1 is 0.968 bits per heavy atom. The van der Waals surface area contributed by atoms with Crippen LogP contribution in [0.4, 0.5) is 0 Å². The number of aliphatic hydroxyl groups excluding tert-OH is 1. The SMILES string of the molecule is COc1cc([C@@H]2c3cc4c(cc3[C@H](O)[C@H]3C(N)OC(=O)[C@H]23)OCO4)cc(OC)c1OC. The van der Waals surface area contributed by atoms with Crippen molar-refractivity contribution in [2.24, 2.45) is 17.6 Å². The van der Waals surface area contributed by atoms with Gasteiger partial charge in [-0.1, -0.05) is 0 Å². The van der Waals surface area contributed by atoms with Crippen LogP contribution < -0.4 is 29.4 Å². The van der Waals surface area contributed by atoms with E-state index >= 15 is 0 Å². The molecular formula is C22H23NO8. The summed E-state index contributed by atoms with van der Waals surface area (Å²) in [5.41, 5.74) is 8.21. The zero-order valence-electron chi connectivity index (χ0n) is 17.3. The molecule has 2 aliphatic heterocycles. The molecule has 5 rings (SSSR count). The molecule has 0 spiro atoms. The van der Waals surface area contributed by atoms with E-state index in [1.165, 1.54) is 21.3 Å². The highest BCUT2D eigenvalue weighted by Gasteiger charge is 2.55. The highest BCUT2D eigenvalue weighted by molar-refractivity contribution is 5.79. The summed E-state index contributed by atoms with van der Waals surface area (Å²) in [4.78, 5) is 12.9. The minimum atomic E-state index is -0.991. The van der Waals surface area contributed by atoms with Gasteiger partial charge in [0.1, 0.15) is 0 Å². The van der Waals surface area contributed by atoms with Gasteiger partial charge in [-0.15, -0.1) is 0 Å². The molecule has 1 fully saturated rings. The van der Waals surface area contributed by atoms with E-state index in [1.807, 2.05) is 6.07 Å². The second-order valence-electron chi connectivity index (χ2n) is 7.72. The average molecular weight is 429 g/mol. The molecular weight excluding hydrogens is 406 g/mol. The maximum Gasteiger partial charge on any atom is 0.312 e. The zero-order valence-corrected chi connectivity index (χ0v) is 17.3. The third-order valence-electron chi connectivity index (χ3n) is 6.32. The molecule has 0 radical (unpaired) electrons. The van der Waals surface area contributed by atoms with Crippen molar-refractivity contribution in [3.63, 3.8) is 0 Å². The Hall–Kier alpha value is -3.17. The van der Waals surface area contributed by atoms with Crippen molar-refractivity contribution in [2.45, 2.75) is 18.2 Å². The van der Waals surface area contributed by atoms with Crippen molar-refractivity contribution in [1.29, 1.82) is 0 Å². The van der Waals surface area contributed by atoms with Crippen LogP contribution in [0.5, 0.6) is 28.7 Å². The maximum absolute atomic E-state index is 12.9. The second-order valence-corrected chi connectivity index (χ2v) is 7.72. The minimum Gasteiger partial charge on any atom is -0.493 e. The number of carbonyl (C=O) groups is 1. The summed E-state index contributed by atoms with van der Waals surface area (Å²) in [7, 11) is 4.58. The molecule has 5 atom stereocenters. The highest BCUT2D eigenvalue weighted by Crippen LogP contribution is 2.56. The molecule has 3 N–H and O–H groups in total. The van der Waals surface area contributed by atoms with Gasteiger partial charge in [-0.25, -0.2) is 0 Å². The fourth-order valence-electron chi connectivity index (χ4n) is 4.95. The average Bonchev–Trinajstić information content (AvgIpc) is 3.35. The Morgan fingerprint density at radius 3 is 2.16 bits per heavy atom. The minimum absolute atomic E-state index is 0.0948. The maximum atomic E-state index is 12.9. The first-order valence-corrected chi connectivity index (χ1v) is 9.86. The lowest BCUT2D eigenvalue weighted by atomic mass is 9.65. The number of hydrogen-bond acceptors (Lipinski definition) is 9. The lowest BCUT2D eigenvalue weighted by Crippen LogP contribution is -2.40. The molecule has 1 saturated heterocycles. The number of cyclic esters (lactones) is 1. The Bertz CT molecular complexity index is 1030. The van der Waals surface area contributed by atoms with Gasteiger partial charge in [0.15, 0.2) is 29.2 Å². The van der Waals surface area contributed by atoms with Crippen LogP contribution in [0.15, 0.2) is 24.3 Å². The molecule has 31 heavy (non-hydrogen) atoms. The van der Waals surface area contributed by atoms with E-state index in [1.54, 1.807) is 18.2 Å². The highest BCUT2D eigenvalue weighted by atomic mass is 16.7. The van der Waals surface area contributed by atoms with Crippen LogP contribution in [-0.4, -0.2) is 45.4 Å². The summed E-state index contributed by atoms with van der Waals surface area (Å²) < 4.78 is 32.9. The standard InChI is InChI=1S/C22H23NO8/c1-26-14-4-9(5-15(27-2)20(14)28-3)16-10-6-12-13(30-8-29-12)7-11(10)19(24)18-17(16)22(25)31-21(18)23/h4-7,16-19,21,24H,8,23H2,1-3H3/t16-,17-,18+,19+,21?/m1/s1. The molecule has 0 amide bonds. The van der Waals surface area contributed by atoms with E-state index in [2.05, 4.69) is 0 Å². The molecule has 0 bridgehead atoms. The molecule has 0 saturated carbocycles. The van der Waals surface area contributed by atoms with E-state index in [-0.39, 0.29) is 6.79 Å². The van der Waals surface area contributed by atoms with Crippen LogP contribution >= 0.6 is 0 Å². The van der Waals surface area contributed by atoms with E-state index < -0.39 is 36.1 Å². The van der Waals surface area contributed by atoms with Crippen molar-refractivity contribution in [3.05, 3.63) is 41.0 Å². The van der Waals surface area contributed by atoms with Gasteiger partial charge in [-0.3, -0.25) is 10.5 Å². The summed E-state index contributed by atoms with van der Waals surface area (Å²) in [6.07, 6.45) is -1.91. The van der Waals surface area contributed by atoms with Gasteiger partial charge in [0.05, 0.1) is 39.3 Å². The summed E-state index contributed by atoms with van der Waals surface area (Å²) in [5.74, 6) is 0.195. The van der Waals surface area contributed by atoms with E-state index in [9.17, 15) is 9.90 Å². The summed E-state index contributed by atoms with van der Waals surface area (Å²) in [6, 6.07) is 7.15. The van der Waals surface area contributed by atoms with Crippen LogP contribution in [-0.2, 0) is 9.53 Å². The molecule has 1 aliphatic carbocycles. The number of ether oxygens (including phenoxy) is 6. The summed E-state index contributed by atoms with van der Waals surface area (Å²) in [6.45, 7) is 0.0948. The molecule has 2 aromatic rings. The fraction of sp³-hybridized carbons (Fsp3) is 0.409. The number of aliphatic hydroxyl groups is 1. The van der Waals surface area contributed by atoms with Gasteiger partial charge in [-0.2, -0.15) is 0 Å². The fourth-order valence-corrected chi connectivity index (χ4v) is 4.95. The molecule has 2 aromatic carbocycles. The first-order valence-electron chi connectivity index (χ1n) is 9.86. The molecule has 3 aliphatic rings. The quantitative estimate of drug-likeness (QED) is 0.700. The molecule has 2 heterocycles. The van der Waals surface area contributed by atoms with Crippen molar-refractivity contribution in [2.75, 3.05) is 28.1 Å². The smallest absolute Gasteiger partial charge is 0.312 e. The number of hydrogen-bond donors (Lipinski definition) is 2. The summed E-state index contributed by atoms with van der Waals surface area (Å²) >= 11 is 0. The Kier molecular flexibility index (Phi) is 4.60. The Morgan fingerprint density at radius 2 is 1.58 bits per heavy atom. The number of esters is 1.